The van der Waals surface area contributed by atoms with Gasteiger partial charge < -0.3 is 21.1 Å². The van der Waals surface area contributed by atoms with Crippen molar-refractivity contribution in [2.45, 2.75) is 6.54 Å². The molecule has 0 saturated carbocycles. The lowest BCUT2D eigenvalue weighted by atomic mass is 10.1. The molecule has 4 N–H and O–H groups in total. The number of nitrogens with zero attached hydrogens (tertiary/aromatic N) is 3. The van der Waals surface area contributed by atoms with Crippen molar-refractivity contribution in [3.63, 3.8) is 0 Å². The molecule has 0 aliphatic carbocycles. The number of nitrogens with one attached hydrogen (secondary N) is 2. The van der Waals surface area contributed by atoms with Crippen LogP contribution in [0.5, 0.6) is 5.75 Å². The Morgan fingerprint density at radius 2 is 1.70 bits per heavy atom. The summed E-state index contributed by atoms with van der Waals surface area (Å²) in [5, 5.41) is 6.52. The van der Waals surface area contributed by atoms with Crippen LogP contribution in [0.1, 0.15) is 15.9 Å². The second-order valence-corrected chi connectivity index (χ2v) is 8.08. The largest absolute Gasteiger partial charge is 0.412 e. The van der Waals surface area contributed by atoms with Crippen LogP contribution in [-0.4, -0.2) is 27.0 Å². The number of primary amides is 1. The van der Waals surface area contributed by atoms with Crippen molar-refractivity contribution in [3.05, 3.63) is 108 Å². The number of amides is 2. The summed E-state index contributed by atoms with van der Waals surface area (Å²) < 4.78 is 5.51. The minimum absolute atomic E-state index is 0.307. The van der Waals surface area contributed by atoms with Gasteiger partial charge in [0.1, 0.15) is 11.6 Å². The number of carbonyl (C=O) groups is 2. The molecule has 0 fully saturated rings. The fourth-order valence-corrected chi connectivity index (χ4v) is 3.74. The normalized spacial score (nSPS) is 10.6. The molecule has 0 spiro atoms. The maximum Gasteiger partial charge on any atom is 0.412 e. The van der Waals surface area contributed by atoms with Gasteiger partial charge in [0, 0.05) is 29.9 Å². The summed E-state index contributed by atoms with van der Waals surface area (Å²) >= 11 is 0. The molecule has 9 nitrogen and oxygen atoms in total. The van der Waals surface area contributed by atoms with E-state index in [4.69, 9.17) is 15.5 Å². The van der Waals surface area contributed by atoms with Gasteiger partial charge in [0.25, 0.3) is 5.91 Å². The number of pyridine rings is 1. The van der Waals surface area contributed by atoms with E-state index in [2.05, 4.69) is 20.6 Å². The average Bonchev–Trinajstić information content (AvgIpc) is 2.93. The number of aromatic nitrogens is 3. The molecule has 5 aromatic rings. The van der Waals surface area contributed by atoms with E-state index < -0.39 is 12.0 Å². The first-order valence-corrected chi connectivity index (χ1v) is 11.4. The van der Waals surface area contributed by atoms with Crippen molar-refractivity contribution in [2.24, 2.45) is 5.73 Å². The lowest BCUT2D eigenvalue weighted by molar-refractivity contribution is 0.100. The van der Waals surface area contributed by atoms with E-state index >= 15 is 0 Å². The molecule has 2 amide bonds. The second-order valence-electron chi connectivity index (χ2n) is 8.08. The lowest BCUT2D eigenvalue weighted by Crippen LogP contribution is -2.26. The molecule has 0 unspecified atom stereocenters. The summed E-state index contributed by atoms with van der Waals surface area (Å²) in [5.41, 5.74) is 8.64. The Bertz CT molecular complexity index is 1580. The number of benzene rings is 3. The third-order valence-corrected chi connectivity index (χ3v) is 5.52. The van der Waals surface area contributed by atoms with Gasteiger partial charge in [0.15, 0.2) is 5.82 Å². The Kier molecular flexibility index (Phi) is 6.67. The quantitative estimate of drug-likeness (QED) is 0.298. The number of nitrogens with two attached hydrogens (primary N) is 1. The highest BCUT2D eigenvalue weighted by Crippen LogP contribution is 2.31. The summed E-state index contributed by atoms with van der Waals surface area (Å²) in [7, 11) is 0. The number of rotatable bonds is 7. The molecular formula is C28H22N6O3. The third kappa shape index (κ3) is 5.51. The molecule has 37 heavy (non-hydrogen) atoms. The fourth-order valence-electron chi connectivity index (χ4n) is 3.74. The predicted molar refractivity (Wildman–Crippen MR) is 140 cm³/mol. The summed E-state index contributed by atoms with van der Waals surface area (Å²) in [6.45, 7) is 0.335. The smallest absolute Gasteiger partial charge is 0.410 e. The van der Waals surface area contributed by atoms with E-state index in [-0.39, 0.29) is 0 Å². The van der Waals surface area contributed by atoms with Crippen LogP contribution in [0.3, 0.4) is 0 Å². The van der Waals surface area contributed by atoms with E-state index in [0.717, 1.165) is 11.1 Å². The molecule has 182 valence electrons. The Labute approximate surface area is 212 Å². The van der Waals surface area contributed by atoms with Crippen LogP contribution in [0, 0.1) is 0 Å². The SMILES string of the molecule is NC(=O)c1ccccc1Nc1nc(-c2cccnc2)nc2ccc(OC(=O)NCc3ccccc3)cc12. The van der Waals surface area contributed by atoms with Gasteiger partial charge in [0.2, 0.25) is 0 Å². The number of hydrogen-bond donors (Lipinski definition) is 3. The molecule has 0 saturated heterocycles. The number of para-hydroxylation sites is 1. The molecule has 9 heteroatoms. The molecule has 0 aliphatic heterocycles. The highest BCUT2D eigenvalue weighted by atomic mass is 16.6. The molecule has 0 aliphatic rings. The monoisotopic (exact) mass is 490 g/mol. The van der Waals surface area contributed by atoms with E-state index in [9.17, 15) is 9.59 Å². The van der Waals surface area contributed by atoms with Crippen LogP contribution >= 0.6 is 0 Å². The number of fused-ring (bicyclic) bond motifs is 1. The lowest BCUT2D eigenvalue weighted by Gasteiger charge is -2.14. The zero-order chi connectivity index (χ0) is 25.6. The molecular weight excluding hydrogens is 468 g/mol. The Hall–Kier alpha value is -5.31. The predicted octanol–water partition coefficient (Wildman–Crippen LogP) is 4.82. The molecule has 2 heterocycles. The fraction of sp³-hybridized carbons (Fsp3) is 0.0357. The zero-order valence-electron chi connectivity index (χ0n) is 19.6. The van der Waals surface area contributed by atoms with Gasteiger partial charge >= 0.3 is 6.09 Å². The minimum Gasteiger partial charge on any atom is -0.410 e. The van der Waals surface area contributed by atoms with Crippen molar-refractivity contribution >= 4 is 34.4 Å². The van der Waals surface area contributed by atoms with Crippen molar-refractivity contribution in [2.75, 3.05) is 5.32 Å². The maximum atomic E-state index is 12.4. The number of ether oxygens (including phenoxy) is 1. The Balaban J connectivity index is 1.49. The van der Waals surface area contributed by atoms with Crippen molar-refractivity contribution in [1.82, 2.24) is 20.3 Å². The van der Waals surface area contributed by atoms with Crippen molar-refractivity contribution in [3.8, 4) is 17.1 Å². The van der Waals surface area contributed by atoms with E-state index in [0.29, 0.717) is 46.1 Å². The van der Waals surface area contributed by atoms with E-state index in [1.54, 1.807) is 60.9 Å². The van der Waals surface area contributed by atoms with Gasteiger partial charge in [-0.15, -0.1) is 0 Å². The van der Waals surface area contributed by atoms with E-state index in [1.807, 2.05) is 36.4 Å². The van der Waals surface area contributed by atoms with Crippen molar-refractivity contribution < 1.29 is 14.3 Å². The van der Waals surface area contributed by atoms with Gasteiger partial charge in [-0.2, -0.15) is 0 Å². The Morgan fingerprint density at radius 3 is 2.49 bits per heavy atom. The van der Waals surface area contributed by atoms with Crippen LogP contribution in [-0.2, 0) is 6.54 Å². The number of carbonyl (C=O) groups excluding carboxylic acids is 2. The number of hydrogen-bond acceptors (Lipinski definition) is 7. The van der Waals surface area contributed by atoms with Gasteiger partial charge in [-0.1, -0.05) is 42.5 Å². The zero-order valence-corrected chi connectivity index (χ0v) is 19.6. The standard InChI is InChI=1S/C28H22N6O3/c29-25(35)21-10-4-5-11-23(21)33-27-22-15-20(37-28(36)31-16-18-7-2-1-3-8-18)12-13-24(22)32-26(34-27)19-9-6-14-30-17-19/h1-15,17H,16H2,(H2,29,35)(H,31,36)(H,32,33,34). The van der Waals surface area contributed by atoms with Crippen LogP contribution in [0.15, 0.2) is 97.3 Å². The highest BCUT2D eigenvalue weighted by Gasteiger charge is 2.15. The van der Waals surface area contributed by atoms with Gasteiger partial charge in [-0.3, -0.25) is 9.78 Å². The second kappa shape index (κ2) is 10.5. The first kappa shape index (κ1) is 23.4. The van der Waals surface area contributed by atoms with Crippen molar-refractivity contribution in [1.29, 1.82) is 0 Å². The first-order valence-electron chi connectivity index (χ1n) is 11.4. The Morgan fingerprint density at radius 1 is 0.892 bits per heavy atom. The first-order chi connectivity index (χ1) is 18.1. The molecule has 0 atom stereocenters. The van der Waals surface area contributed by atoms with Gasteiger partial charge in [0.05, 0.1) is 16.8 Å². The summed E-state index contributed by atoms with van der Waals surface area (Å²) in [4.78, 5) is 37.9. The minimum atomic E-state index is -0.593. The topological polar surface area (TPSA) is 132 Å². The summed E-state index contributed by atoms with van der Waals surface area (Å²) in [6.07, 6.45) is 2.74. The summed E-state index contributed by atoms with van der Waals surface area (Å²) in [6, 6.07) is 25.1. The van der Waals surface area contributed by atoms with E-state index in [1.165, 1.54) is 0 Å². The maximum absolute atomic E-state index is 12.4. The van der Waals surface area contributed by atoms with Gasteiger partial charge in [-0.05, 0) is 48.0 Å². The molecule has 2 aromatic heterocycles. The third-order valence-electron chi connectivity index (χ3n) is 5.52. The highest BCUT2D eigenvalue weighted by molar-refractivity contribution is 6.01. The number of anilines is 2. The van der Waals surface area contributed by atoms with Crippen LogP contribution in [0.25, 0.3) is 22.3 Å². The molecule has 0 radical (unpaired) electrons. The van der Waals surface area contributed by atoms with Crippen LogP contribution < -0.4 is 21.1 Å². The molecule has 5 rings (SSSR count). The molecule has 0 bridgehead atoms. The summed E-state index contributed by atoms with van der Waals surface area (Å²) in [5.74, 6) is 0.580. The molecule has 3 aromatic carbocycles. The van der Waals surface area contributed by atoms with Gasteiger partial charge in [-0.25, -0.2) is 14.8 Å². The van der Waals surface area contributed by atoms with Crippen LogP contribution in [0.2, 0.25) is 0 Å². The average molecular weight is 491 g/mol. The van der Waals surface area contributed by atoms with Crippen LogP contribution in [0.4, 0.5) is 16.3 Å².